The number of hydrogen-bond donors (Lipinski definition) is 0. The summed E-state index contributed by atoms with van der Waals surface area (Å²) in [5, 5.41) is 2.31. The number of fused-ring (bicyclic) bond motifs is 1. The van der Waals surface area contributed by atoms with Gasteiger partial charge in [0.05, 0.1) is 30.7 Å². The minimum Gasteiger partial charge on any atom is -0.383 e. The number of carbonyl (C=O) groups excluding carboxylic acids is 1. The van der Waals surface area contributed by atoms with Gasteiger partial charge in [-0.25, -0.2) is 4.98 Å². The van der Waals surface area contributed by atoms with Crippen LogP contribution in [0, 0.1) is 11.8 Å². The van der Waals surface area contributed by atoms with Gasteiger partial charge in [0.1, 0.15) is 0 Å². The third kappa shape index (κ3) is 6.01. The normalized spacial score (nSPS) is 16.6. The van der Waals surface area contributed by atoms with E-state index in [0.29, 0.717) is 31.2 Å². The third-order valence-corrected chi connectivity index (χ3v) is 8.69. The Kier molecular flexibility index (Phi) is 8.03. The monoisotopic (exact) mass is 539 g/mol. The molecule has 0 atom stereocenters. The van der Waals surface area contributed by atoms with Crippen LogP contribution in [0.3, 0.4) is 0 Å². The maximum absolute atomic E-state index is 13.7. The van der Waals surface area contributed by atoms with Crippen molar-refractivity contribution in [3.05, 3.63) is 78.6 Å². The van der Waals surface area contributed by atoms with E-state index in [-0.39, 0.29) is 5.91 Å². The molecule has 1 aliphatic heterocycles. The second-order valence-electron chi connectivity index (χ2n) is 11.7. The molecule has 2 fully saturated rings. The number of piperidine rings is 1. The Labute approximate surface area is 237 Å². The molecule has 210 valence electrons. The van der Waals surface area contributed by atoms with Crippen molar-refractivity contribution in [1.82, 2.24) is 23.9 Å². The van der Waals surface area contributed by atoms with Crippen LogP contribution in [0.5, 0.6) is 0 Å². The fraction of sp³-hybridized carbons (Fsp3) is 0.455. The van der Waals surface area contributed by atoms with Gasteiger partial charge in [-0.1, -0.05) is 42.5 Å². The lowest BCUT2D eigenvalue weighted by Crippen LogP contribution is -2.36. The van der Waals surface area contributed by atoms with Crippen molar-refractivity contribution in [3.63, 3.8) is 0 Å². The van der Waals surface area contributed by atoms with E-state index in [2.05, 4.69) is 67.7 Å². The number of rotatable bonds is 11. The fourth-order valence-electron chi connectivity index (χ4n) is 6.11. The lowest BCUT2D eigenvalue weighted by molar-refractivity contribution is 0.0745. The molecule has 2 aromatic heterocycles. The van der Waals surface area contributed by atoms with Gasteiger partial charge in [0.2, 0.25) is 0 Å². The Morgan fingerprint density at radius 2 is 1.75 bits per heavy atom. The lowest BCUT2D eigenvalue weighted by atomic mass is 9.96. The van der Waals surface area contributed by atoms with E-state index in [9.17, 15) is 4.79 Å². The Balaban J connectivity index is 1.24. The molecule has 3 heterocycles. The second kappa shape index (κ2) is 12.0. The van der Waals surface area contributed by atoms with Crippen LogP contribution in [-0.2, 0) is 17.8 Å². The van der Waals surface area contributed by atoms with E-state index in [1.54, 1.807) is 12.0 Å². The zero-order valence-electron chi connectivity index (χ0n) is 23.8. The first kappa shape index (κ1) is 26.8. The summed E-state index contributed by atoms with van der Waals surface area (Å²) in [7, 11) is 3.51. The summed E-state index contributed by atoms with van der Waals surface area (Å²) in [6, 6.07) is 14.7. The highest BCUT2D eigenvalue weighted by Gasteiger charge is 2.27. The predicted molar refractivity (Wildman–Crippen MR) is 159 cm³/mol. The molecule has 2 aliphatic rings. The average molecular weight is 540 g/mol. The molecule has 2 aromatic carbocycles. The number of amides is 1. The van der Waals surface area contributed by atoms with Gasteiger partial charge in [-0.2, -0.15) is 0 Å². The molecular weight excluding hydrogens is 498 g/mol. The second-order valence-corrected chi connectivity index (χ2v) is 11.7. The number of ether oxygens (including phenoxy) is 1. The van der Waals surface area contributed by atoms with Gasteiger partial charge >= 0.3 is 0 Å². The van der Waals surface area contributed by atoms with Crippen LogP contribution >= 0.6 is 0 Å². The molecule has 0 N–H and O–H groups in total. The lowest BCUT2D eigenvalue weighted by Gasteiger charge is -2.32. The van der Waals surface area contributed by atoms with Crippen molar-refractivity contribution in [2.75, 3.05) is 46.9 Å². The SMILES string of the molecule is COCCN(C)C(=O)c1cn(Cc2cncn2CC2CCN(CC3CC3)CC2)cc1-c1cccc2ccccc12. The van der Waals surface area contributed by atoms with Crippen LogP contribution in [0.4, 0.5) is 0 Å². The van der Waals surface area contributed by atoms with Gasteiger partial charge in [0.15, 0.2) is 0 Å². The first-order chi connectivity index (χ1) is 19.6. The quantitative estimate of drug-likeness (QED) is 0.256. The molecule has 4 aromatic rings. The number of likely N-dealkylation sites (tertiary alicyclic amines) is 1. The Morgan fingerprint density at radius 1 is 0.975 bits per heavy atom. The van der Waals surface area contributed by atoms with Crippen LogP contribution < -0.4 is 0 Å². The van der Waals surface area contributed by atoms with Crippen LogP contribution in [0.2, 0.25) is 0 Å². The maximum Gasteiger partial charge on any atom is 0.255 e. The number of hydrogen-bond acceptors (Lipinski definition) is 4. The highest BCUT2D eigenvalue weighted by molar-refractivity contribution is 6.05. The van der Waals surface area contributed by atoms with Gasteiger partial charge in [-0.05, 0) is 66.9 Å². The van der Waals surface area contributed by atoms with Gasteiger partial charge < -0.3 is 23.7 Å². The largest absolute Gasteiger partial charge is 0.383 e. The molecule has 1 saturated heterocycles. The van der Waals surface area contributed by atoms with Gasteiger partial charge in [0.25, 0.3) is 5.91 Å². The standard InChI is InChI=1S/C33H41N5O2/c1-35(16-17-40-2)33(39)32-23-37(22-31(32)30-9-5-7-27-6-3-4-8-29(27)30)21-28-18-34-24-38(28)20-26-12-14-36(15-13-26)19-25-10-11-25/h3-9,18,22-26H,10-17,19-21H2,1-2H3. The fourth-order valence-corrected chi connectivity index (χ4v) is 6.11. The maximum atomic E-state index is 13.7. The number of likely N-dealkylation sites (N-methyl/N-ethyl adjacent to an activating group) is 1. The van der Waals surface area contributed by atoms with Crippen molar-refractivity contribution in [3.8, 4) is 11.1 Å². The number of carbonyl (C=O) groups is 1. The highest BCUT2D eigenvalue weighted by Crippen LogP contribution is 2.33. The summed E-state index contributed by atoms with van der Waals surface area (Å²) in [4.78, 5) is 22.6. The summed E-state index contributed by atoms with van der Waals surface area (Å²) >= 11 is 0. The Morgan fingerprint density at radius 3 is 2.55 bits per heavy atom. The Bertz CT molecular complexity index is 1440. The predicted octanol–water partition coefficient (Wildman–Crippen LogP) is 5.39. The minimum atomic E-state index is 0.00481. The number of methoxy groups -OCH3 is 1. The van der Waals surface area contributed by atoms with E-state index in [1.165, 1.54) is 56.4 Å². The number of nitrogens with zero attached hydrogens (tertiary/aromatic N) is 5. The van der Waals surface area contributed by atoms with Gasteiger partial charge in [-0.3, -0.25) is 4.79 Å². The molecular formula is C33H41N5O2. The molecule has 0 spiro atoms. The van der Waals surface area contributed by atoms with Crippen molar-refractivity contribution < 1.29 is 9.53 Å². The summed E-state index contributed by atoms with van der Waals surface area (Å²) < 4.78 is 9.71. The highest BCUT2D eigenvalue weighted by atomic mass is 16.5. The van der Waals surface area contributed by atoms with E-state index in [4.69, 9.17) is 4.74 Å². The summed E-state index contributed by atoms with van der Waals surface area (Å²) in [6.45, 7) is 6.48. The van der Waals surface area contributed by atoms with Gasteiger partial charge in [-0.15, -0.1) is 0 Å². The van der Waals surface area contributed by atoms with E-state index >= 15 is 0 Å². The van der Waals surface area contributed by atoms with Crippen molar-refractivity contribution in [1.29, 1.82) is 0 Å². The molecule has 1 amide bonds. The Hall–Kier alpha value is -3.42. The van der Waals surface area contributed by atoms with Crippen molar-refractivity contribution >= 4 is 16.7 Å². The number of benzene rings is 2. The molecule has 0 unspecified atom stereocenters. The van der Waals surface area contributed by atoms with E-state index in [0.717, 1.165) is 29.0 Å². The zero-order valence-corrected chi connectivity index (χ0v) is 23.8. The molecule has 6 rings (SSSR count). The molecule has 7 heteroatoms. The van der Waals surface area contributed by atoms with Crippen LogP contribution in [0.25, 0.3) is 21.9 Å². The molecule has 0 radical (unpaired) electrons. The van der Waals surface area contributed by atoms with E-state index < -0.39 is 0 Å². The molecule has 7 nitrogen and oxygen atoms in total. The zero-order chi connectivity index (χ0) is 27.5. The summed E-state index contributed by atoms with van der Waals surface area (Å²) in [6.07, 6.45) is 13.5. The smallest absolute Gasteiger partial charge is 0.255 e. The van der Waals surface area contributed by atoms with Crippen LogP contribution in [0.15, 0.2) is 67.4 Å². The van der Waals surface area contributed by atoms with Crippen LogP contribution in [-0.4, -0.2) is 76.8 Å². The summed E-state index contributed by atoms with van der Waals surface area (Å²) in [5.74, 6) is 1.66. The molecule has 40 heavy (non-hydrogen) atoms. The minimum absolute atomic E-state index is 0.00481. The summed E-state index contributed by atoms with van der Waals surface area (Å²) in [5.41, 5.74) is 3.92. The number of aromatic nitrogens is 3. The first-order valence-corrected chi connectivity index (χ1v) is 14.7. The molecule has 0 bridgehead atoms. The van der Waals surface area contributed by atoms with Gasteiger partial charge in [0, 0.05) is 57.9 Å². The molecule has 1 aliphatic carbocycles. The topological polar surface area (TPSA) is 55.5 Å². The number of imidazole rings is 1. The molecule has 1 saturated carbocycles. The third-order valence-electron chi connectivity index (χ3n) is 8.69. The van der Waals surface area contributed by atoms with E-state index in [1.807, 2.05) is 25.8 Å². The van der Waals surface area contributed by atoms with Crippen molar-refractivity contribution in [2.24, 2.45) is 11.8 Å². The van der Waals surface area contributed by atoms with Crippen molar-refractivity contribution in [2.45, 2.75) is 38.8 Å². The average Bonchev–Trinajstić information content (AvgIpc) is 3.54. The first-order valence-electron chi connectivity index (χ1n) is 14.7. The van der Waals surface area contributed by atoms with Crippen LogP contribution in [0.1, 0.15) is 41.7 Å².